The van der Waals surface area contributed by atoms with E-state index in [9.17, 15) is 9.90 Å². The van der Waals surface area contributed by atoms with Crippen LogP contribution in [0.4, 0.5) is 0 Å². The molecule has 4 nitrogen and oxygen atoms in total. The average Bonchev–Trinajstić information content (AvgIpc) is 2.35. The van der Waals surface area contributed by atoms with E-state index in [1.807, 2.05) is 26.0 Å². The number of carbonyl (C=O) groups excluding carboxylic acids is 1. The Labute approximate surface area is 108 Å². The first-order valence-electron chi connectivity index (χ1n) is 6.09. The van der Waals surface area contributed by atoms with Crippen molar-refractivity contribution in [3.63, 3.8) is 0 Å². The lowest BCUT2D eigenvalue weighted by Crippen LogP contribution is -2.36. The van der Waals surface area contributed by atoms with Gasteiger partial charge in [-0.05, 0) is 26.8 Å². The quantitative estimate of drug-likeness (QED) is 0.870. The van der Waals surface area contributed by atoms with Gasteiger partial charge in [-0.2, -0.15) is 0 Å². The highest BCUT2D eigenvalue weighted by atomic mass is 16.5. The topological polar surface area (TPSA) is 49.8 Å². The third-order valence-electron chi connectivity index (χ3n) is 2.89. The third-order valence-corrected chi connectivity index (χ3v) is 2.89. The number of rotatable bonds is 5. The van der Waals surface area contributed by atoms with E-state index in [0.29, 0.717) is 11.3 Å². The van der Waals surface area contributed by atoms with Crippen molar-refractivity contribution >= 4 is 5.91 Å². The molecule has 1 N–H and O–H groups in total. The first-order chi connectivity index (χ1) is 8.43. The van der Waals surface area contributed by atoms with Crippen LogP contribution in [0.25, 0.3) is 0 Å². The van der Waals surface area contributed by atoms with E-state index < -0.39 is 6.10 Å². The second-order valence-electron chi connectivity index (χ2n) is 4.60. The zero-order valence-corrected chi connectivity index (χ0v) is 11.4. The molecule has 0 aromatic heterocycles. The summed E-state index contributed by atoms with van der Waals surface area (Å²) in [5, 5.41) is 9.59. The molecule has 0 radical (unpaired) electrons. The van der Waals surface area contributed by atoms with Crippen molar-refractivity contribution in [2.24, 2.45) is 0 Å². The molecule has 0 aliphatic rings. The second kappa shape index (κ2) is 6.40. The van der Waals surface area contributed by atoms with Crippen LogP contribution in [-0.4, -0.2) is 35.6 Å². The molecule has 1 rings (SSSR count). The summed E-state index contributed by atoms with van der Waals surface area (Å²) in [5.74, 6) is 0.475. The minimum absolute atomic E-state index is 0.0155. The molecule has 0 fully saturated rings. The molecule has 18 heavy (non-hydrogen) atoms. The Bertz CT molecular complexity index is 402. The highest BCUT2D eigenvalue weighted by Gasteiger charge is 2.14. The van der Waals surface area contributed by atoms with E-state index in [4.69, 9.17) is 4.74 Å². The zero-order chi connectivity index (χ0) is 13.7. The lowest BCUT2D eigenvalue weighted by Gasteiger charge is -2.22. The Hall–Kier alpha value is -1.55. The van der Waals surface area contributed by atoms with Crippen molar-refractivity contribution in [1.29, 1.82) is 0 Å². The van der Waals surface area contributed by atoms with Crippen molar-refractivity contribution in [2.75, 3.05) is 13.7 Å². The Morgan fingerprint density at radius 3 is 2.50 bits per heavy atom. The van der Waals surface area contributed by atoms with Gasteiger partial charge in [0.05, 0.1) is 6.10 Å². The molecule has 0 aliphatic heterocycles. The van der Waals surface area contributed by atoms with Gasteiger partial charge in [-0.25, -0.2) is 0 Å². The summed E-state index contributed by atoms with van der Waals surface area (Å²) in [7, 11) is 1.75. The fourth-order valence-electron chi connectivity index (χ4n) is 1.49. The number of carbonyl (C=O) groups is 1. The molecule has 4 heteroatoms. The number of para-hydroxylation sites is 1. The van der Waals surface area contributed by atoms with Crippen LogP contribution in [0.1, 0.15) is 32.4 Å². The molecule has 0 bridgehead atoms. The van der Waals surface area contributed by atoms with Gasteiger partial charge in [-0.1, -0.05) is 18.2 Å². The normalized spacial score (nSPS) is 12.3. The van der Waals surface area contributed by atoms with Gasteiger partial charge < -0.3 is 14.7 Å². The van der Waals surface area contributed by atoms with Crippen LogP contribution in [0.3, 0.4) is 0 Å². The summed E-state index contributed by atoms with van der Waals surface area (Å²) in [6.07, 6.45) is -0.612. The molecule has 1 atom stereocenters. The van der Waals surface area contributed by atoms with Gasteiger partial charge in [0.15, 0.2) is 6.61 Å². The predicted octanol–water partition coefficient (Wildman–Crippen LogP) is 1.99. The second-order valence-corrected chi connectivity index (χ2v) is 4.60. The maximum atomic E-state index is 11.8. The first-order valence-corrected chi connectivity index (χ1v) is 6.09. The Morgan fingerprint density at radius 2 is 1.94 bits per heavy atom. The summed E-state index contributed by atoms with van der Waals surface area (Å²) in [5.41, 5.74) is 0.692. The van der Waals surface area contributed by atoms with Crippen molar-refractivity contribution in [1.82, 2.24) is 4.90 Å². The lowest BCUT2D eigenvalue weighted by atomic mass is 10.1. The Balaban J connectivity index is 2.67. The largest absolute Gasteiger partial charge is 0.483 e. The Morgan fingerprint density at radius 1 is 1.33 bits per heavy atom. The number of benzene rings is 1. The van der Waals surface area contributed by atoms with E-state index in [1.165, 1.54) is 0 Å². The number of aliphatic hydroxyl groups is 1. The van der Waals surface area contributed by atoms with Crippen LogP contribution in [0.2, 0.25) is 0 Å². The molecule has 1 amide bonds. The average molecular weight is 251 g/mol. The fraction of sp³-hybridized carbons (Fsp3) is 0.500. The van der Waals surface area contributed by atoms with E-state index >= 15 is 0 Å². The smallest absolute Gasteiger partial charge is 0.260 e. The highest BCUT2D eigenvalue weighted by Crippen LogP contribution is 2.24. The van der Waals surface area contributed by atoms with E-state index in [0.717, 1.165) is 0 Å². The molecule has 0 saturated heterocycles. The van der Waals surface area contributed by atoms with Crippen molar-refractivity contribution in [3.05, 3.63) is 29.8 Å². The van der Waals surface area contributed by atoms with Crippen LogP contribution in [0, 0.1) is 0 Å². The SMILES string of the molecule is CC(C)N(C)C(=O)COc1ccccc1[C@H](C)O. The molecule has 0 unspecified atom stereocenters. The summed E-state index contributed by atoms with van der Waals surface area (Å²) in [6, 6.07) is 7.34. The van der Waals surface area contributed by atoms with Crippen LogP contribution in [-0.2, 0) is 4.79 Å². The van der Waals surface area contributed by atoms with Gasteiger partial charge in [-0.15, -0.1) is 0 Å². The van der Waals surface area contributed by atoms with E-state index in [-0.39, 0.29) is 18.6 Å². The molecule has 0 heterocycles. The van der Waals surface area contributed by atoms with Gasteiger partial charge in [0, 0.05) is 18.7 Å². The number of nitrogens with zero attached hydrogens (tertiary/aromatic N) is 1. The number of likely N-dealkylation sites (N-methyl/N-ethyl adjacent to an activating group) is 1. The Kier molecular flexibility index (Phi) is 5.16. The van der Waals surface area contributed by atoms with Crippen molar-refractivity contribution < 1.29 is 14.6 Å². The minimum Gasteiger partial charge on any atom is -0.483 e. The molecule has 0 spiro atoms. The van der Waals surface area contributed by atoms with E-state index in [1.54, 1.807) is 31.0 Å². The van der Waals surface area contributed by atoms with Crippen LogP contribution in [0.15, 0.2) is 24.3 Å². The molecular weight excluding hydrogens is 230 g/mol. The molecule has 1 aromatic rings. The van der Waals surface area contributed by atoms with Crippen molar-refractivity contribution in [2.45, 2.75) is 32.9 Å². The fourth-order valence-corrected chi connectivity index (χ4v) is 1.49. The first kappa shape index (κ1) is 14.5. The monoisotopic (exact) mass is 251 g/mol. The molecule has 0 aliphatic carbocycles. The minimum atomic E-state index is -0.612. The van der Waals surface area contributed by atoms with Crippen LogP contribution >= 0.6 is 0 Å². The van der Waals surface area contributed by atoms with Crippen molar-refractivity contribution in [3.8, 4) is 5.75 Å². The zero-order valence-electron chi connectivity index (χ0n) is 11.4. The molecule has 0 saturated carbocycles. The van der Waals surface area contributed by atoms with Crippen LogP contribution < -0.4 is 4.74 Å². The standard InChI is InChI=1S/C14H21NO3/c1-10(2)15(4)14(17)9-18-13-8-6-5-7-12(13)11(3)16/h5-8,10-11,16H,9H2,1-4H3/t11-/m0/s1. The lowest BCUT2D eigenvalue weighted by molar-refractivity contribution is -0.133. The maximum absolute atomic E-state index is 11.8. The summed E-state index contributed by atoms with van der Waals surface area (Å²) < 4.78 is 5.48. The number of ether oxygens (including phenoxy) is 1. The number of hydrogen-bond donors (Lipinski definition) is 1. The van der Waals surface area contributed by atoms with Gasteiger partial charge in [0.2, 0.25) is 0 Å². The molecule has 100 valence electrons. The number of aliphatic hydroxyl groups excluding tert-OH is 1. The summed E-state index contributed by atoms with van der Waals surface area (Å²) >= 11 is 0. The van der Waals surface area contributed by atoms with E-state index in [2.05, 4.69) is 0 Å². The number of amides is 1. The van der Waals surface area contributed by atoms with Gasteiger partial charge in [0.1, 0.15) is 5.75 Å². The molecule has 1 aromatic carbocycles. The predicted molar refractivity (Wildman–Crippen MR) is 70.5 cm³/mol. The highest BCUT2D eigenvalue weighted by molar-refractivity contribution is 5.77. The molecular formula is C14H21NO3. The third kappa shape index (κ3) is 3.74. The number of hydrogen-bond acceptors (Lipinski definition) is 3. The van der Waals surface area contributed by atoms with Gasteiger partial charge in [0.25, 0.3) is 5.91 Å². The van der Waals surface area contributed by atoms with Crippen LogP contribution in [0.5, 0.6) is 5.75 Å². The maximum Gasteiger partial charge on any atom is 0.260 e. The van der Waals surface area contributed by atoms with Gasteiger partial charge >= 0.3 is 0 Å². The summed E-state index contributed by atoms with van der Waals surface area (Å²) in [4.78, 5) is 13.4. The summed E-state index contributed by atoms with van der Waals surface area (Å²) in [6.45, 7) is 5.55. The van der Waals surface area contributed by atoms with Gasteiger partial charge in [-0.3, -0.25) is 4.79 Å².